The average molecular weight is 1150 g/mol. The van der Waals surface area contributed by atoms with Crippen molar-refractivity contribution in [1.82, 2.24) is 28.7 Å². The number of rotatable bonds is 6. The van der Waals surface area contributed by atoms with Gasteiger partial charge in [0, 0.05) is 82.3 Å². The molecule has 16 aromatic rings. The molecule has 3 aliphatic carbocycles. The van der Waals surface area contributed by atoms with Crippen LogP contribution in [0.5, 0.6) is 0 Å². The third-order valence-electron chi connectivity index (χ3n) is 20.9. The minimum atomic E-state index is -0.103. The molecule has 4 heterocycles. The highest BCUT2D eigenvalue weighted by Crippen LogP contribution is 2.54. The van der Waals surface area contributed by atoms with Gasteiger partial charge in [-0.3, -0.25) is 0 Å². The molecule has 0 N–H and O–H groups in total. The summed E-state index contributed by atoms with van der Waals surface area (Å²) < 4.78 is 7.26. The molecule has 6 nitrogen and oxygen atoms in total. The third kappa shape index (κ3) is 6.96. The van der Waals surface area contributed by atoms with Crippen LogP contribution in [0.3, 0.4) is 0 Å². The molecular formula is C84H60N6. The Hall–Kier alpha value is -11.0. The fraction of sp³-hybridized carbons (Fsp3) is 0.107. The van der Waals surface area contributed by atoms with E-state index in [1.807, 2.05) is 0 Å². The van der Waals surface area contributed by atoms with Gasteiger partial charge in [0.1, 0.15) is 0 Å². The molecule has 0 spiro atoms. The molecule has 0 saturated carbocycles. The van der Waals surface area contributed by atoms with E-state index in [4.69, 9.17) is 15.0 Å². The van der Waals surface area contributed by atoms with E-state index in [0.717, 1.165) is 33.8 Å². The molecule has 0 unspecified atom stereocenters. The van der Waals surface area contributed by atoms with Gasteiger partial charge in [-0.05, 0) is 194 Å². The number of para-hydroxylation sites is 3. The Bertz CT molecular complexity index is 5210. The maximum Gasteiger partial charge on any atom is 0.164 e. The van der Waals surface area contributed by atoms with Crippen molar-refractivity contribution >= 4 is 65.4 Å². The molecular weight excluding hydrogens is 1090 g/mol. The Morgan fingerprint density at radius 2 is 0.478 bits per heavy atom. The molecule has 12 aromatic carbocycles. The van der Waals surface area contributed by atoms with E-state index in [2.05, 4.69) is 310 Å². The van der Waals surface area contributed by atoms with E-state index in [1.165, 1.54) is 132 Å². The second-order valence-electron chi connectivity index (χ2n) is 26.8. The summed E-state index contributed by atoms with van der Waals surface area (Å²) in [7, 11) is 0. The number of hydrogen-bond donors (Lipinski definition) is 0. The molecule has 426 valence electrons. The average Bonchev–Trinajstić information content (AvgIpc) is 1.57. The van der Waals surface area contributed by atoms with Gasteiger partial charge in [-0.15, -0.1) is 0 Å². The van der Waals surface area contributed by atoms with Crippen molar-refractivity contribution in [3.63, 3.8) is 0 Å². The molecule has 0 bridgehead atoms. The Morgan fingerprint density at radius 1 is 0.222 bits per heavy atom. The van der Waals surface area contributed by atoms with Crippen molar-refractivity contribution in [2.24, 2.45) is 0 Å². The summed E-state index contributed by atoms with van der Waals surface area (Å²) in [6, 6.07) is 94.2. The highest BCUT2D eigenvalue weighted by atomic mass is 15.0. The molecule has 0 aliphatic heterocycles. The number of fused-ring (bicyclic) bond motifs is 18. The van der Waals surface area contributed by atoms with E-state index >= 15 is 0 Å². The van der Waals surface area contributed by atoms with Crippen LogP contribution in [0, 0.1) is 0 Å². The smallest absolute Gasteiger partial charge is 0.164 e. The van der Waals surface area contributed by atoms with Crippen molar-refractivity contribution in [2.45, 2.75) is 57.8 Å². The summed E-state index contributed by atoms with van der Waals surface area (Å²) >= 11 is 0. The van der Waals surface area contributed by atoms with E-state index in [1.54, 1.807) is 0 Å². The number of hydrogen-bond acceptors (Lipinski definition) is 3. The van der Waals surface area contributed by atoms with Crippen LogP contribution in [0.1, 0.15) is 74.9 Å². The minimum absolute atomic E-state index is 0.103. The monoisotopic (exact) mass is 1150 g/mol. The first-order chi connectivity index (χ1) is 43.9. The van der Waals surface area contributed by atoms with Crippen LogP contribution >= 0.6 is 0 Å². The zero-order valence-electron chi connectivity index (χ0n) is 50.9. The Labute approximate surface area is 521 Å². The van der Waals surface area contributed by atoms with Crippen molar-refractivity contribution < 1.29 is 0 Å². The van der Waals surface area contributed by atoms with Gasteiger partial charge >= 0.3 is 0 Å². The lowest BCUT2D eigenvalue weighted by Crippen LogP contribution is -2.14. The van der Waals surface area contributed by atoms with Crippen LogP contribution in [0.2, 0.25) is 0 Å². The molecule has 0 radical (unpaired) electrons. The lowest BCUT2D eigenvalue weighted by atomic mass is 9.82. The van der Waals surface area contributed by atoms with Gasteiger partial charge in [0.25, 0.3) is 0 Å². The number of aromatic nitrogens is 6. The predicted molar refractivity (Wildman–Crippen MR) is 372 cm³/mol. The van der Waals surface area contributed by atoms with Gasteiger partial charge < -0.3 is 13.7 Å². The summed E-state index contributed by atoms with van der Waals surface area (Å²) in [4.78, 5) is 16.1. The summed E-state index contributed by atoms with van der Waals surface area (Å²) in [6.45, 7) is 14.1. The molecule has 90 heavy (non-hydrogen) atoms. The molecule has 19 rings (SSSR count). The summed E-state index contributed by atoms with van der Waals surface area (Å²) in [5, 5.41) is 7.48. The quantitative estimate of drug-likeness (QED) is 0.167. The second kappa shape index (κ2) is 18.1. The molecule has 0 saturated heterocycles. The number of nitrogens with zero attached hydrogens (tertiary/aromatic N) is 6. The maximum atomic E-state index is 5.37. The standard InChI is InChI=1S/C84H60N6/c1-82(2)67-25-13-7-19-55(67)61-46-76-64(43-70(61)82)58-22-10-16-28-73(58)88(76)52-37-31-49(32-38-52)79-85-80(50-33-39-53(40-34-50)89-74-29-17-11-23-59(74)65-44-71-62(47-77(65)89)56-20-8-14-26-68(56)83(71,3)4)87-81(86-79)51-35-41-54(42-36-51)90-75-30-18-12-24-60(75)66-45-72-63(48-78(66)90)57-21-9-15-27-69(57)84(72,5)6/h7-48H,1-6H3. The van der Waals surface area contributed by atoms with E-state index in [0.29, 0.717) is 17.5 Å². The largest absolute Gasteiger partial charge is 0.309 e. The van der Waals surface area contributed by atoms with E-state index < -0.39 is 0 Å². The SMILES string of the molecule is CC1(C)c2ccccc2-c2cc3c(cc21)c1ccccc1n3-c1ccc(-c2nc(-c3ccc(-n4c5ccccc5c5cc6c(cc54)-c4ccccc4C6(C)C)cc3)nc(-c3ccc(-n4c5ccccc5c5cc6c(cc54)-c4ccccc4C6(C)C)cc3)n2)cc1. The fourth-order valence-electron chi connectivity index (χ4n) is 16.4. The molecule has 0 amide bonds. The van der Waals surface area contributed by atoms with Crippen molar-refractivity contribution in [2.75, 3.05) is 0 Å². The van der Waals surface area contributed by atoms with Crippen molar-refractivity contribution in [1.29, 1.82) is 0 Å². The third-order valence-corrected chi connectivity index (χ3v) is 20.9. The van der Waals surface area contributed by atoms with Gasteiger partial charge in [-0.25, -0.2) is 15.0 Å². The van der Waals surface area contributed by atoms with E-state index in [-0.39, 0.29) is 16.2 Å². The first-order valence-corrected chi connectivity index (χ1v) is 31.5. The Kier molecular flexibility index (Phi) is 10.3. The van der Waals surface area contributed by atoms with Crippen LogP contribution in [0.15, 0.2) is 255 Å². The molecule has 4 aromatic heterocycles. The molecule has 0 atom stereocenters. The first-order valence-electron chi connectivity index (χ1n) is 31.5. The van der Waals surface area contributed by atoms with Gasteiger partial charge in [-0.1, -0.05) is 169 Å². The molecule has 3 aliphatic rings. The Morgan fingerprint density at radius 3 is 0.767 bits per heavy atom. The van der Waals surface area contributed by atoms with Crippen molar-refractivity contribution in [3.05, 3.63) is 288 Å². The summed E-state index contributed by atoms with van der Waals surface area (Å²) in [5.74, 6) is 1.81. The summed E-state index contributed by atoms with van der Waals surface area (Å²) in [6.07, 6.45) is 0. The van der Waals surface area contributed by atoms with Crippen molar-refractivity contribution in [3.8, 4) is 84.6 Å². The lowest BCUT2D eigenvalue weighted by molar-refractivity contribution is 0.661. The van der Waals surface area contributed by atoms with Gasteiger partial charge in [0.2, 0.25) is 0 Å². The van der Waals surface area contributed by atoms with Gasteiger partial charge in [0.05, 0.1) is 33.1 Å². The van der Waals surface area contributed by atoms with Crippen LogP contribution in [-0.2, 0) is 16.2 Å². The zero-order valence-corrected chi connectivity index (χ0v) is 50.9. The second-order valence-corrected chi connectivity index (χ2v) is 26.8. The Balaban J connectivity index is 0.749. The first kappa shape index (κ1) is 51.1. The van der Waals surface area contributed by atoms with Gasteiger partial charge in [0.15, 0.2) is 17.5 Å². The topological polar surface area (TPSA) is 53.5 Å². The van der Waals surface area contributed by atoms with E-state index in [9.17, 15) is 0 Å². The highest BCUT2D eigenvalue weighted by Gasteiger charge is 2.39. The maximum absolute atomic E-state index is 5.37. The van der Waals surface area contributed by atoms with Crippen LogP contribution in [0.25, 0.3) is 150 Å². The van der Waals surface area contributed by atoms with Crippen LogP contribution in [-0.4, -0.2) is 28.7 Å². The van der Waals surface area contributed by atoms with Gasteiger partial charge in [-0.2, -0.15) is 0 Å². The van der Waals surface area contributed by atoms with Crippen LogP contribution < -0.4 is 0 Å². The molecule has 0 fully saturated rings. The normalized spacial score (nSPS) is 14.6. The predicted octanol–water partition coefficient (Wildman–Crippen LogP) is 21.1. The number of benzene rings is 12. The lowest BCUT2D eigenvalue weighted by Gasteiger charge is -2.21. The molecule has 6 heteroatoms. The summed E-state index contributed by atoms with van der Waals surface area (Å²) in [5.41, 5.74) is 28.8. The van der Waals surface area contributed by atoms with Crippen LogP contribution in [0.4, 0.5) is 0 Å². The zero-order chi connectivity index (χ0) is 60.1. The fourth-order valence-corrected chi connectivity index (χ4v) is 16.4. The minimum Gasteiger partial charge on any atom is -0.309 e. The highest BCUT2D eigenvalue weighted by molar-refractivity contribution is 6.14.